The lowest BCUT2D eigenvalue weighted by Gasteiger charge is -2.26. The van der Waals surface area contributed by atoms with E-state index in [1.807, 2.05) is 6.07 Å². The fraction of sp³-hybridized carbons (Fsp3) is 0.250. The van der Waals surface area contributed by atoms with E-state index in [2.05, 4.69) is 39.6 Å². The van der Waals surface area contributed by atoms with Gasteiger partial charge in [-0.2, -0.15) is 0 Å². The highest BCUT2D eigenvalue weighted by atomic mass is 16.3. The quantitative estimate of drug-likeness (QED) is 0.767. The molecule has 1 aliphatic carbocycles. The van der Waals surface area contributed by atoms with Crippen molar-refractivity contribution in [3.63, 3.8) is 0 Å². The zero-order valence-electron chi connectivity index (χ0n) is 11.0. The minimum absolute atomic E-state index is 0.313. The molecule has 2 aromatic heterocycles. The Morgan fingerprint density at radius 3 is 3.10 bits per heavy atom. The first-order valence-electron chi connectivity index (χ1n) is 6.94. The zero-order valence-corrected chi connectivity index (χ0v) is 11.0. The summed E-state index contributed by atoms with van der Waals surface area (Å²) in [5, 5.41) is 4.50. The lowest BCUT2D eigenvalue weighted by Crippen LogP contribution is -2.18. The Hall–Kier alpha value is -2.36. The van der Waals surface area contributed by atoms with E-state index in [9.17, 15) is 0 Å². The van der Waals surface area contributed by atoms with E-state index in [0.29, 0.717) is 11.8 Å². The molecule has 100 valence electrons. The summed E-state index contributed by atoms with van der Waals surface area (Å²) in [6.45, 7) is 0. The highest BCUT2D eigenvalue weighted by Gasteiger charge is 2.20. The van der Waals surface area contributed by atoms with Crippen LogP contribution in [-0.2, 0) is 6.42 Å². The van der Waals surface area contributed by atoms with E-state index < -0.39 is 0 Å². The van der Waals surface area contributed by atoms with Crippen LogP contribution in [0.5, 0.6) is 0 Å². The number of hydrogen-bond donors (Lipinski definition) is 1. The molecule has 0 amide bonds. The third-order valence-electron chi connectivity index (χ3n) is 3.94. The minimum Gasteiger partial charge on any atom is -0.446 e. The second-order valence-electron chi connectivity index (χ2n) is 5.15. The maximum Gasteiger partial charge on any atom is 0.231 e. The third-order valence-corrected chi connectivity index (χ3v) is 3.94. The number of nitrogens with one attached hydrogen (secondary N) is 1. The molecule has 1 atom stereocenters. The van der Waals surface area contributed by atoms with Crippen LogP contribution >= 0.6 is 0 Å². The molecule has 4 heteroatoms. The van der Waals surface area contributed by atoms with Crippen molar-refractivity contribution in [3.05, 3.63) is 54.0 Å². The Labute approximate surface area is 116 Å². The van der Waals surface area contributed by atoms with Crippen LogP contribution in [-0.4, -0.2) is 9.97 Å². The van der Waals surface area contributed by atoms with Crippen LogP contribution in [0, 0.1) is 0 Å². The third kappa shape index (κ3) is 1.84. The van der Waals surface area contributed by atoms with E-state index in [1.165, 1.54) is 24.0 Å². The Morgan fingerprint density at radius 1 is 1.15 bits per heavy atom. The molecule has 0 fully saturated rings. The first kappa shape index (κ1) is 11.5. The molecule has 1 N–H and O–H groups in total. The molecular weight excluding hydrogens is 250 g/mol. The van der Waals surface area contributed by atoms with Crippen molar-refractivity contribution in [3.8, 4) is 0 Å². The Balaban J connectivity index is 1.72. The van der Waals surface area contributed by atoms with Crippen molar-refractivity contribution < 1.29 is 4.42 Å². The van der Waals surface area contributed by atoms with Gasteiger partial charge in [-0.05, 0) is 36.5 Å². The maximum absolute atomic E-state index is 5.33. The molecule has 1 aromatic carbocycles. The van der Waals surface area contributed by atoms with Crippen LogP contribution in [0.3, 0.4) is 0 Å². The maximum atomic E-state index is 5.33. The molecule has 4 rings (SSSR count). The summed E-state index contributed by atoms with van der Waals surface area (Å²) >= 11 is 0. The van der Waals surface area contributed by atoms with Crippen molar-refractivity contribution in [1.82, 2.24) is 9.97 Å². The summed E-state index contributed by atoms with van der Waals surface area (Å²) in [5.74, 6) is 0.852. The predicted octanol–water partition coefficient (Wildman–Crippen LogP) is 3.71. The highest BCUT2D eigenvalue weighted by Crippen LogP contribution is 2.33. The van der Waals surface area contributed by atoms with Gasteiger partial charge >= 0.3 is 0 Å². The molecule has 0 radical (unpaired) electrons. The molecule has 0 saturated heterocycles. The monoisotopic (exact) mass is 265 g/mol. The number of benzene rings is 1. The van der Waals surface area contributed by atoms with E-state index in [-0.39, 0.29) is 0 Å². The minimum atomic E-state index is 0.313. The van der Waals surface area contributed by atoms with Gasteiger partial charge in [-0.25, -0.2) is 9.97 Å². The molecule has 4 nitrogen and oxygen atoms in total. The van der Waals surface area contributed by atoms with Crippen LogP contribution in [0.15, 0.2) is 47.3 Å². The molecule has 2 heterocycles. The molecule has 0 spiro atoms. The van der Waals surface area contributed by atoms with Gasteiger partial charge in [0.25, 0.3) is 0 Å². The van der Waals surface area contributed by atoms with Gasteiger partial charge in [-0.1, -0.05) is 24.3 Å². The molecular formula is C16H15N3O. The normalized spacial score (nSPS) is 17.9. The number of fused-ring (bicyclic) bond motifs is 2. The van der Waals surface area contributed by atoms with Crippen LogP contribution < -0.4 is 5.32 Å². The fourth-order valence-electron chi connectivity index (χ4n) is 2.97. The van der Waals surface area contributed by atoms with Gasteiger partial charge in [0.15, 0.2) is 0 Å². The summed E-state index contributed by atoms with van der Waals surface area (Å²) in [4.78, 5) is 8.49. The number of rotatable bonds is 2. The standard InChI is InChI=1S/C16H15N3O/c1-2-6-12-11(4-1)5-3-7-14(12)19-15-13-8-9-20-16(13)18-10-17-15/h1-2,4,6,8-10,14H,3,5,7H2,(H,17,18,19). The predicted molar refractivity (Wildman–Crippen MR) is 77.5 cm³/mol. The average molecular weight is 265 g/mol. The zero-order chi connectivity index (χ0) is 13.4. The van der Waals surface area contributed by atoms with E-state index in [1.54, 1.807) is 12.6 Å². The lowest BCUT2D eigenvalue weighted by molar-refractivity contribution is 0.596. The first-order chi connectivity index (χ1) is 9.92. The second-order valence-corrected chi connectivity index (χ2v) is 5.15. The smallest absolute Gasteiger partial charge is 0.231 e. The summed E-state index contributed by atoms with van der Waals surface area (Å²) < 4.78 is 5.33. The molecule has 1 unspecified atom stereocenters. The molecule has 0 saturated carbocycles. The van der Waals surface area contributed by atoms with Crippen LogP contribution in [0.25, 0.3) is 11.1 Å². The number of anilines is 1. The van der Waals surface area contributed by atoms with Crippen molar-refractivity contribution in [2.75, 3.05) is 5.32 Å². The van der Waals surface area contributed by atoms with Gasteiger partial charge in [0.05, 0.1) is 17.7 Å². The van der Waals surface area contributed by atoms with Crippen LogP contribution in [0.4, 0.5) is 5.82 Å². The highest BCUT2D eigenvalue weighted by molar-refractivity contribution is 5.85. The van der Waals surface area contributed by atoms with Gasteiger partial charge in [0.2, 0.25) is 5.71 Å². The lowest BCUT2D eigenvalue weighted by atomic mass is 9.88. The number of furan rings is 1. The number of hydrogen-bond acceptors (Lipinski definition) is 4. The van der Waals surface area contributed by atoms with Crippen molar-refractivity contribution in [2.45, 2.75) is 25.3 Å². The van der Waals surface area contributed by atoms with E-state index >= 15 is 0 Å². The van der Waals surface area contributed by atoms with Gasteiger partial charge in [0, 0.05) is 0 Å². The van der Waals surface area contributed by atoms with Gasteiger partial charge in [-0.3, -0.25) is 0 Å². The van der Waals surface area contributed by atoms with E-state index in [4.69, 9.17) is 4.42 Å². The van der Waals surface area contributed by atoms with Crippen molar-refractivity contribution in [1.29, 1.82) is 0 Å². The summed E-state index contributed by atoms with van der Waals surface area (Å²) in [6, 6.07) is 10.9. The summed E-state index contributed by atoms with van der Waals surface area (Å²) in [5.41, 5.74) is 3.45. The van der Waals surface area contributed by atoms with Crippen LogP contribution in [0.2, 0.25) is 0 Å². The molecule has 0 bridgehead atoms. The van der Waals surface area contributed by atoms with E-state index in [0.717, 1.165) is 17.6 Å². The summed E-state index contributed by atoms with van der Waals surface area (Å²) in [6.07, 6.45) is 6.69. The van der Waals surface area contributed by atoms with Gasteiger partial charge in [-0.15, -0.1) is 0 Å². The SMILES string of the molecule is c1ccc2c(c1)CCCC2Nc1ncnc2occc12. The number of aryl methyl sites for hydroxylation is 1. The largest absolute Gasteiger partial charge is 0.446 e. The Kier molecular flexibility index (Phi) is 2.66. The fourth-order valence-corrected chi connectivity index (χ4v) is 2.97. The molecule has 3 aromatic rings. The average Bonchev–Trinajstić information content (AvgIpc) is 2.97. The van der Waals surface area contributed by atoms with Crippen molar-refractivity contribution >= 4 is 16.9 Å². The first-order valence-corrected chi connectivity index (χ1v) is 6.94. The molecule has 1 aliphatic rings. The Bertz CT molecular complexity index is 750. The Morgan fingerprint density at radius 2 is 2.10 bits per heavy atom. The summed E-state index contributed by atoms with van der Waals surface area (Å²) in [7, 11) is 0. The number of aromatic nitrogens is 2. The molecule has 20 heavy (non-hydrogen) atoms. The topological polar surface area (TPSA) is 51.0 Å². The van der Waals surface area contributed by atoms with Crippen LogP contribution in [0.1, 0.15) is 30.0 Å². The second kappa shape index (κ2) is 4.63. The molecule has 0 aliphatic heterocycles. The van der Waals surface area contributed by atoms with Gasteiger partial charge in [0.1, 0.15) is 12.1 Å². The van der Waals surface area contributed by atoms with Crippen molar-refractivity contribution in [2.24, 2.45) is 0 Å². The van der Waals surface area contributed by atoms with Gasteiger partial charge < -0.3 is 9.73 Å². The number of nitrogens with zero attached hydrogens (tertiary/aromatic N) is 2.